The first-order chi connectivity index (χ1) is 6.49. The van der Waals surface area contributed by atoms with Crippen molar-refractivity contribution in [1.29, 1.82) is 0 Å². The maximum atomic E-state index is 10.9. The van der Waals surface area contributed by atoms with Crippen molar-refractivity contribution in [3.63, 3.8) is 0 Å². The van der Waals surface area contributed by atoms with Crippen molar-refractivity contribution in [2.45, 2.75) is 6.92 Å². The van der Waals surface area contributed by atoms with Crippen LogP contribution >= 0.6 is 38.5 Å². The normalized spacial score (nSPS) is 10.0. The van der Waals surface area contributed by atoms with Crippen molar-refractivity contribution in [2.75, 3.05) is 7.11 Å². The Bertz CT molecular complexity index is 390. The van der Waals surface area contributed by atoms with Gasteiger partial charge in [-0.15, -0.1) is 0 Å². The number of hydrogen-bond donors (Lipinski definition) is 1. The van der Waals surface area contributed by atoms with Crippen LogP contribution < -0.4 is 4.74 Å². The SMILES string of the molecule is COc1c(C)c(Br)cc(C(=O)O)c1I. The van der Waals surface area contributed by atoms with Gasteiger partial charge in [-0.1, -0.05) is 15.9 Å². The molecule has 0 aliphatic carbocycles. The fourth-order valence-corrected chi connectivity index (χ4v) is 2.51. The fourth-order valence-electron chi connectivity index (χ4n) is 1.09. The minimum Gasteiger partial charge on any atom is -0.495 e. The van der Waals surface area contributed by atoms with Gasteiger partial charge in [-0.25, -0.2) is 4.79 Å². The molecule has 0 spiro atoms. The van der Waals surface area contributed by atoms with Crippen molar-refractivity contribution in [3.05, 3.63) is 25.2 Å². The van der Waals surface area contributed by atoms with Gasteiger partial charge in [0.25, 0.3) is 0 Å². The topological polar surface area (TPSA) is 46.5 Å². The van der Waals surface area contributed by atoms with Crippen LogP contribution in [0.1, 0.15) is 15.9 Å². The Balaban J connectivity index is 3.50. The minimum absolute atomic E-state index is 0.250. The van der Waals surface area contributed by atoms with Crippen molar-refractivity contribution < 1.29 is 14.6 Å². The van der Waals surface area contributed by atoms with E-state index in [1.54, 1.807) is 6.07 Å². The number of hydrogen-bond acceptors (Lipinski definition) is 2. The summed E-state index contributed by atoms with van der Waals surface area (Å²) in [5, 5.41) is 8.92. The largest absolute Gasteiger partial charge is 0.495 e. The van der Waals surface area contributed by atoms with Crippen LogP contribution in [0.3, 0.4) is 0 Å². The molecular weight excluding hydrogens is 363 g/mol. The lowest BCUT2D eigenvalue weighted by atomic mass is 10.1. The molecule has 1 rings (SSSR count). The predicted molar refractivity (Wildman–Crippen MR) is 65.1 cm³/mol. The summed E-state index contributed by atoms with van der Waals surface area (Å²) in [5.41, 5.74) is 1.15. The van der Waals surface area contributed by atoms with E-state index in [1.165, 1.54) is 7.11 Å². The van der Waals surface area contributed by atoms with Gasteiger partial charge in [-0.3, -0.25) is 0 Å². The third-order valence-corrected chi connectivity index (χ3v) is 3.73. The van der Waals surface area contributed by atoms with Gasteiger partial charge in [0.2, 0.25) is 0 Å². The second kappa shape index (κ2) is 4.48. The first-order valence-electron chi connectivity index (χ1n) is 3.75. The standard InChI is InChI=1S/C9H8BrIO3/c1-4-6(10)3-5(9(12)13)7(11)8(4)14-2/h3H,1-2H3,(H,12,13). The molecule has 0 saturated carbocycles. The summed E-state index contributed by atoms with van der Waals surface area (Å²) in [6.45, 7) is 1.87. The number of ether oxygens (including phenoxy) is 1. The molecule has 1 aromatic carbocycles. The summed E-state index contributed by atoms with van der Waals surface area (Å²) in [6, 6.07) is 1.59. The Kier molecular flexibility index (Phi) is 3.77. The van der Waals surface area contributed by atoms with E-state index in [1.807, 2.05) is 29.5 Å². The maximum Gasteiger partial charge on any atom is 0.336 e. The van der Waals surface area contributed by atoms with Gasteiger partial charge in [0.05, 0.1) is 16.2 Å². The predicted octanol–water partition coefficient (Wildman–Crippen LogP) is 3.07. The molecule has 0 aliphatic rings. The van der Waals surface area contributed by atoms with E-state index in [0.29, 0.717) is 9.32 Å². The first kappa shape index (κ1) is 11.8. The highest BCUT2D eigenvalue weighted by Gasteiger charge is 2.17. The molecular formula is C9H8BrIO3. The Morgan fingerprint density at radius 1 is 1.64 bits per heavy atom. The zero-order valence-electron chi connectivity index (χ0n) is 7.60. The van der Waals surface area contributed by atoms with E-state index >= 15 is 0 Å². The number of aromatic carboxylic acids is 1. The summed E-state index contributed by atoms with van der Waals surface area (Å²) in [7, 11) is 1.53. The third-order valence-electron chi connectivity index (χ3n) is 1.84. The van der Waals surface area contributed by atoms with Gasteiger partial charge >= 0.3 is 5.97 Å². The smallest absolute Gasteiger partial charge is 0.336 e. The second-order valence-corrected chi connectivity index (χ2v) is 4.62. The van der Waals surface area contributed by atoms with E-state index in [0.717, 1.165) is 10.0 Å². The first-order valence-corrected chi connectivity index (χ1v) is 5.62. The van der Waals surface area contributed by atoms with Crippen molar-refractivity contribution in [3.8, 4) is 5.75 Å². The van der Waals surface area contributed by atoms with Crippen LogP contribution in [0.25, 0.3) is 0 Å². The highest BCUT2D eigenvalue weighted by molar-refractivity contribution is 14.1. The number of methoxy groups -OCH3 is 1. The molecule has 0 saturated heterocycles. The molecule has 0 aromatic heterocycles. The van der Waals surface area contributed by atoms with Gasteiger partial charge in [0.1, 0.15) is 5.75 Å². The van der Waals surface area contributed by atoms with Crippen molar-refractivity contribution in [1.82, 2.24) is 0 Å². The van der Waals surface area contributed by atoms with Crippen LogP contribution in [0.15, 0.2) is 10.5 Å². The minimum atomic E-state index is -0.951. The molecule has 76 valence electrons. The maximum absolute atomic E-state index is 10.9. The monoisotopic (exact) mass is 370 g/mol. The summed E-state index contributed by atoms with van der Waals surface area (Å²) < 4.78 is 6.51. The number of carboxylic acids is 1. The molecule has 0 aliphatic heterocycles. The summed E-state index contributed by atoms with van der Waals surface area (Å²) in [5.74, 6) is -0.342. The van der Waals surface area contributed by atoms with Gasteiger partial charge in [-0.05, 0) is 35.6 Å². The Labute approximate surface area is 104 Å². The van der Waals surface area contributed by atoms with Crippen molar-refractivity contribution >= 4 is 44.5 Å². The fraction of sp³-hybridized carbons (Fsp3) is 0.222. The van der Waals surface area contributed by atoms with Gasteiger partial charge < -0.3 is 9.84 Å². The molecule has 14 heavy (non-hydrogen) atoms. The van der Waals surface area contributed by atoms with Crippen LogP contribution in [0.4, 0.5) is 0 Å². The lowest BCUT2D eigenvalue weighted by molar-refractivity contribution is 0.0695. The van der Waals surface area contributed by atoms with Crippen LogP contribution in [0.2, 0.25) is 0 Å². The number of benzene rings is 1. The molecule has 1 aromatic rings. The van der Waals surface area contributed by atoms with Crippen LogP contribution in [0, 0.1) is 10.5 Å². The van der Waals surface area contributed by atoms with Gasteiger partial charge in [0.15, 0.2) is 0 Å². The molecule has 0 amide bonds. The summed E-state index contributed by atoms with van der Waals surface area (Å²) >= 11 is 5.27. The van der Waals surface area contributed by atoms with Gasteiger partial charge in [0, 0.05) is 10.0 Å². The third kappa shape index (κ3) is 2.03. The van der Waals surface area contributed by atoms with E-state index in [9.17, 15) is 4.79 Å². The zero-order valence-corrected chi connectivity index (χ0v) is 11.3. The summed E-state index contributed by atoms with van der Waals surface area (Å²) in [4.78, 5) is 10.9. The number of carbonyl (C=O) groups is 1. The van der Waals surface area contributed by atoms with Crippen LogP contribution in [-0.2, 0) is 0 Å². The molecule has 0 unspecified atom stereocenters. The number of halogens is 2. The molecule has 1 N–H and O–H groups in total. The van der Waals surface area contributed by atoms with Crippen molar-refractivity contribution in [2.24, 2.45) is 0 Å². The van der Waals surface area contributed by atoms with Crippen LogP contribution in [-0.4, -0.2) is 18.2 Å². The highest BCUT2D eigenvalue weighted by atomic mass is 127. The average Bonchev–Trinajstić information content (AvgIpc) is 2.12. The molecule has 0 bridgehead atoms. The quantitative estimate of drug-likeness (QED) is 0.814. The number of carboxylic acid groups (broad SMARTS) is 1. The van der Waals surface area contributed by atoms with Gasteiger partial charge in [-0.2, -0.15) is 0 Å². The molecule has 0 fully saturated rings. The summed E-state index contributed by atoms with van der Waals surface area (Å²) in [6.07, 6.45) is 0. The number of rotatable bonds is 2. The zero-order chi connectivity index (χ0) is 10.9. The Morgan fingerprint density at radius 3 is 2.64 bits per heavy atom. The second-order valence-electron chi connectivity index (χ2n) is 2.68. The molecule has 0 radical (unpaired) electrons. The van der Waals surface area contributed by atoms with E-state index in [-0.39, 0.29) is 5.56 Å². The van der Waals surface area contributed by atoms with Crippen LogP contribution in [0.5, 0.6) is 5.75 Å². The molecule has 0 atom stereocenters. The molecule has 5 heteroatoms. The highest BCUT2D eigenvalue weighted by Crippen LogP contribution is 2.33. The molecule has 3 nitrogen and oxygen atoms in total. The Morgan fingerprint density at radius 2 is 2.21 bits per heavy atom. The molecule has 0 heterocycles. The van der Waals surface area contributed by atoms with E-state index in [2.05, 4.69) is 15.9 Å². The lowest BCUT2D eigenvalue weighted by Gasteiger charge is -2.11. The Hall–Kier alpha value is -0.300. The average molecular weight is 371 g/mol. The lowest BCUT2D eigenvalue weighted by Crippen LogP contribution is -2.03. The van der Waals surface area contributed by atoms with E-state index < -0.39 is 5.97 Å². The van der Waals surface area contributed by atoms with E-state index in [4.69, 9.17) is 9.84 Å².